The predicted molar refractivity (Wildman–Crippen MR) is 104 cm³/mol. The monoisotopic (exact) mass is 406 g/mol. The van der Waals surface area contributed by atoms with Crippen molar-refractivity contribution in [2.24, 2.45) is 0 Å². The molecule has 29 heavy (non-hydrogen) atoms. The Hall–Kier alpha value is -2.81. The summed E-state index contributed by atoms with van der Waals surface area (Å²) in [4.78, 5) is 33.9. The first-order valence-electron chi connectivity index (χ1n) is 9.52. The molecule has 1 aromatic carbocycles. The van der Waals surface area contributed by atoms with Gasteiger partial charge in [0, 0.05) is 30.8 Å². The van der Waals surface area contributed by atoms with Crippen molar-refractivity contribution >= 4 is 11.9 Å². The van der Waals surface area contributed by atoms with E-state index in [0.29, 0.717) is 49.1 Å². The van der Waals surface area contributed by atoms with Crippen LogP contribution in [0.15, 0.2) is 23.0 Å². The number of aryl methyl sites for hydroxylation is 1. The number of aromatic amines is 1. The zero-order valence-corrected chi connectivity index (χ0v) is 16.4. The highest BCUT2D eigenvalue weighted by atomic mass is 19.2. The lowest BCUT2D eigenvalue weighted by Crippen LogP contribution is -2.38. The van der Waals surface area contributed by atoms with E-state index in [2.05, 4.69) is 15.3 Å². The van der Waals surface area contributed by atoms with Crippen LogP contribution >= 0.6 is 0 Å². The molecule has 1 atom stereocenters. The van der Waals surface area contributed by atoms with Crippen LogP contribution in [0.5, 0.6) is 0 Å². The minimum atomic E-state index is -0.961. The Balaban J connectivity index is 1.60. The summed E-state index contributed by atoms with van der Waals surface area (Å²) in [5.74, 6) is -1.68. The van der Waals surface area contributed by atoms with Gasteiger partial charge in [-0.3, -0.25) is 14.6 Å². The Kier molecular flexibility index (Phi) is 6.58. The number of H-pyrrole nitrogens is 1. The van der Waals surface area contributed by atoms with Crippen LogP contribution in [0.25, 0.3) is 0 Å². The molecule has 0 bridgehead atoms. The first-order chi connectivity index (χ1) is 13.8. The number of aromatic nitrogens is 2. The largest absolute Gasteiger partial charge is 0.378 e. The maximum Gasteiger partial charge on any atom is 0.255 e. The van der Waals surface area contributed by atoms with E-state index < -0.39 is 17.7 Å². The maximum absolute atomic E-state index is 13.4. The Morgan fingerprint density at radius 2 is 2.03 bits per heavy atom. The molecule has 0 saturated carbocycles. The highest BCUT2D eigenvalue weighted by molar-refractivity contribution is 5.76. The van der Waals surface area contributed by atoms with Crippen LogP contribution in [0.3, 0.4) is 0 Å². The standard InChI is InChI=1S/C20H24F2N4O3/c1-12(14-3-5-16(21)17(22)11-14)23-18(27)6-4-15-13(2)24-20(25-19(15)28)26-7-9-29-10-8-26/h3,5,11-12H,4,6-10H2,1-2H3,(H,23,27)(H,24,25,28). The molecule has 0 radical (unpaired) electrons. The SMILES string of the molecule is Cc1nc(N2CCOCC2)[nH]c(=O)c1CCC(=O)NC(C)c1ccc(F)c(F)c1. The summed E-state index contributed by atoms with van der Waals surface area (Å²) in [6, 6.07) is 3.02. The normalized spacial score (nSPS) is 15.2. The number of hydrogen-bond donors (Lipinski definition) is 2. The lowest BCUT2D eigenvalue weighted by Gasteiger charge is -2.27. The summed E-state index contributed by atoms with van der Waals surface area (Å²) in [6.45, 7) is 5.91. The van der Waals surface area contributed by atoms with Gasteiger partial charge in [-0.15, -0.1) is 0 Å². The fourth-order valence-corrected chi connectivity index (χ4v) is 3.23. The predicted octanol–water partition coefficient (Wildman–Crippen LogP) is 2.00. The van der Waals surface area contributed by atoms with E-state index >= 15 is 0 Å². The second-order valence-electron chi connectivity index (χ2n) is 7.02. The summed E-state index contributed by atoms with van der Waals surface area (Å²) in [5.41, 5.74) is 1.23. The van der Waals surface area contributed by atoms with E-state index in [4.69, 9.17) is 4.74 Å². The number of halogens is 2. The van der Waals surface area contributed by atoms with Crippen molar-refractivity contribution < 1.29 is 18.3 Å². The molecule has 9 heteroatoms. The number of rotatable bonds is 6. The van der Waals surface area contributed by atoms with Gasteiger partial charge in [0.1, 0.15) is 0 Å². The number of anilines is 1. The van der Waals surface area contributed by atoms with Crippen LogP contribution in [0.1, 0.15) is 36.2 Å². The van der Waals surface area contributed by atoms with Gasteiger partial charge in [0.15, 0.2) is 11.6 Å². The summed E-state index contributed by atoms with van der Waals surface area (Å²) < 4.78 is 31.7. The van der Waals surface area contributed by atoms with Gasteiger partial charge >= 0.3 is 0 Å². The molecular weight excluding hydrogens is 382 g/mol. The third-order valence-electron chi connectivity index (χ3n) is 4.94. The lowest BCUT2D eigenvalue weighted by atomic mass is 10.1. The van der Waals surface area contributed by atoms with Crippen molar-refractivity contribution in [2.45, 2.75) is 32.7 Å². The number of carbonyl (C=O) groups excluding carboxylic acids is 1. The van der Waals surface area contributed by atoms with E-state index in [1.54, 1.807) is 13.8 Å². The number of nitrogens with one attached hydrogen (secondary N) is 2. The molecule has 156 valence electrons. The van der Waals surface area contributed by atoms with Gasteiger partial charge in [0.2, 0.25) is 11.9 Å². The molecule has 1 aliphatic heterocycles. The molecule has 1 aromatic heterocycles. The molecule has 7 nitrogen and oxygen atoms in total. The molecule has 1 saturated heterocycles. The summed E-state index contributed by atoms with van der Waals surface area (Å²) in [5, 5.41) is 2.73. The zero-order valence-electron chi connectivity index (χ0n) is 16.4. The minimum Gasteiger partial charge on any atom is -0.378 e. The number of benzene rings is 1. The van der Waals surface area contributed by atoms with Crippen LogP contribution < -0.4 is 15.8 Å². The first kappa shape index (κ1) is 20.9. The van der Waals surface area contributed by atoms with E-state index in [1.165, 1.54) is 6.07 Å². The van der Waals surface area contributed by atoms with Crippen LogP contribution in [0.4, 0.5) is 14.7 Å². The molecule has 2 N–H and O–H groups in total. The zero-order chi connectivity index (χ0) is 21.0. The van der Waals surface area contributed by atoms with Gasteiger partial charge in [-0.05, 0) is 38.0 Å². The van der Waals surface area contributed by atoms with Gasteiger partial charge < -0.3 is 15.0 Å². The average molecular weight is 406 g/mol. The molecule has 2 heterocycles. The van der Waals surface area contributed by atoms with E-state index in [9.17, 15) is 18.4 Å². The number of hydrogen-bond acceptors (Lipinski definition) is 5. The van der Waals surface area contributed by atoms with Crippen molar-refractivity contribution in [2.75, 3.05) is 31.2 Å². The molecule has 1 fully saturated rings. The highest BCUT2D eigenvalue weighted by Gasteiger charge is 2.17. The van der Waals surface area contributed by atoms with Gasteiger partial charge in [-0.2, -0.15) is 0 Å². The van der Waals surface area contributed by atoms with E-state index in [-0.39, 0.29) is 24.3 Å². The van der Waals surface area contributed by atoms with Gasteiger partial charge in [0.05, 0.1) is 19.3 Å². The van der Waals surface area contributed by atoms with E-state index in [0.717, 1.165) is 12.1 Å². The fraction of sp³-hybridized carbons (Fsp3) is 0.450. The van der Waals surface area contributed by atoms with Crippen LogP contribution in [0, 0.1) is 18.6 Å². The Labute approximate surface area is 167 Å². The summed E-state index contributed by atoms with van der Waals surface area (Å²) in [7, 11) is 0. The van der Waals surface area contributed by atoms with Crippen molar-refractivity contribution in [3.63, 3.8) is 0 Å². The van der Waals surface area contributed by atoms with E-state index in [1.807, 2.05) is 4.90 Å². The van der Waals surface area contributed by atoms with Crippen LogP contribution in [0.2, 0.25) is 0 Å². The summed E-state index contributed by atoms with van der Waals surface area (Å²) >= 11 is 0. The topological polar surface area (TPSA) is 87.3 Å². The molecule has 2 aromatic rings. The molecule has 1 amide bonds. The molecule has 0 aliphatic carbocycles. The smallest absolute Gasteiger partial charge is 0.255 e. The Bertz CT molecular complexity index is 942. The van der Waals surface area contributed by atoms with Crippen molar-refractivity contribution in [3.05, 3.63) is 57.0 Å². The van der Waals surface area contributed by atoms with Crippen molar-refractivity contribution in [3.8, 4) is 0 Å². The van der Waals surface area contributed by atoms with Crippen LogP contribution in [-0.2, 0) is 16.0 Å². The number of nitrogens with zero attached hydrogens (tertiary/aromatic N) is 2. The molecule has 3 rings (SSSR count). The number of carbonyl (C=O) groups is 1. The minimum absolute atomic E-state index is 0.0799. The Morgan fingerprint density at radius 3 is 2.69 bits per heavy atom. The Morgan fingerprint density at radius 1 is 1.31 bits per heavy atom. The first-order valence-corrected chi connectivity index (χ1v) is 9.52. The molecule has 1 aliphatic rings. The van der Waals surface area contributed by atoms with Crippen LogP contribution in [-0.4, -0.2) is 42.2 Å². The number of ether oxygens (including phenoxy) is 1. The number of amides is 1. The van der Waals surface area contributed by atoms with Gasteiger partial charge in [0.25, 0.3) is 5.56 Å². The molecular formula is C20H24F2N4O3. The third kappa shape index (κ3) is 5.17. The quantitative estimate of drug-likeness (QED) is 0.766. The van der Waals surface area contributed by atoms with Crippen molar-refractivity contribution in [1.29, 1.82) is 0 Å². The van der Waals surface area contributed by atoms with Crippen molar-refractivity contribution in [1.82, 2.24) is 15.3 Å². The average Bonchev–Trinajstić information content (AvgIpc) is 2.70. The van der Waals surface area contributed by atoms with Gasteiger partial charge in [-0.1, -0.05) is 6.07 Å². The highest BCUT2D eigenvalue weighted by Crippen LogP contribution is 2.16. The maximum atomic E-state index is 13.4. The molecule has 1 unspecified atom stereocenters. The summed E-state index contributed by atoms with van der Waals surface area (Å²) in [6.07, 6.45) is 0.310. The van der Waals surface area contributed by atoms with Gasteiger partial charge in [-0.25, -0.2) is 13.8 Å². The second-order valence-corrected chi connectivity index (χ2v) is 7.02. The second kappa shape index (κ2) is 9.13. The fourth-order valence-electron chi connectivity index (χ4n) is 3.23. The third-order valence-corrected chi connectivity index (χ3v) is 4.94. The number of morpholine rings is 1. The lowest BCUT2D eigenvalue weighted by molar-refractivity contribution is -0.121. The molecule has 0 spiro atoms.